The Hall–Kier alpha value is -1.36. The van der Waals surface area contributed by atoms with Gasteiger partial charge in [0.2, 0.25) is 5.91 Å². The second-order valence-corrected chi connectivity index (χ2v) is 3.73. The number of hydrogen-bond acceptors (Lipinski definition) is 3. The molecule has 0 saturated carbocycles. The van der Waals surface area contributed by atoms with Gasteiger partial charge in [-0.15, -0.1) is 0 Å². The first-order valence-corrected chi connectivity index (χ1v) is 5.19. The third-order valence-electron chi connectivity index (χ3n) is 2.10. The van der Waals surface area contributed by atoms with E-state index in [1.807, 2.05) is 13.0 Å². The number of nitrogens with zero attached hydrogens (tertiary/aromatic N) is 1. The smallest absolute Gasteiger partial charge is 0.220 e. The summed E-state index contributed by atoms with van der Waals surface area (Å²) in [6.45, 7) is 2.46. The zero-order valence-corrected chi connectivity index (χ0v) is 8.99. The number of nitrogens with two attached hydrogens (primary N) is 1. The summed E-state index contributed by atoms with van der Waals surface area (Å²) >= 11 is 0. The van der Waals surface area contributed by atoms with Crippen molar-refractivity contribution in [3.8, 4) is 0 Å². The molecule has 0 spiro atoms. The number of carbonyl (C=O) groups is 1. The van der Waals surface area contributed by atoms with E-state index in [0.717, 1.165) is 18.5 Å². The Morgan fingerprint density at radius 3 is 3.13 bits per heavy atom. The third-order valence-corrected chi connectivity index (χ3v) is 2.10. The molecule has 1 unspecified atom stereocenters. The highest BCUT2D eigenvalue weighted by atomic mass is 16.1. The molecule has 1 atom stereocenters. The Bertz CT molecular complexity index is 282. The van der Waals surface area contributed by atoms with E-state index in [2.05, 4.69) is 15.5 Å². The van der Waals surface area contributed by atoms with Gasteiger partial charge in [0.05, 0.1) is 12.2 Å². The molecule has 4 N–H and O–H groups in total. The number of aromatic nitrogens is 2. The van der Waals surface area contributed by atoms with Crippen molar-refractivity contribution in [2.24, 2.45) is 5.73 Å². The zero-order chi connectivity index (χ0) is 11.1. The van der Waals surface area contributed by atoms with Gasteiger partial charge in [0.15, 0.2) is 0 Å². The fourth-order valence-corrected chi connectivity index (χ4v) is 1.25. The number of H-pyrrole nitrogens is 1. The summed E-state index contributed by atoms with van der Waals surface area (Å²) in [7, 11) is 0. The summed E-state index contributed by atoms with van der Waals surface area (Å²) in [6.07, 6.45) is 3.93. The average Bonchev–Trinajstić information content (AvgIpc) is 2.66. The highest BCUT2D eigenvalue weighted by molar-refractivity contribution is 5.75. The van der Waals surface area contributed by atoms with Gasteiger partial charge < -0.3 is 11.1 Å². The molecular formula is C10H18N4O. The van der Waals surface area contributed by atoms with E-state index < -0.39 is 0 Å². The Kier molecular flexibility index (Phi) is 4.83. The molecule has 0 aliphatic heterocycles. The summed E-state index contributed by atoms with van der Waals surface area (Å²) in [6, 6.07) is 2.01. The Labute approximate surface area is 89.4 Å². The maximum atomic E-state index is 11.3. The lowest BCUT2D eigenvalue weighted by atomic mass is 10.1. The second-order valence-electron chi connectivity index (χ2n) is 3.73. The summed E-state index contributed by atoms with van der Waals surface area (Å²) in [5.41, 5.74) is 6.50. The van der Waals surface area contributed by atoms with Crippen LogP contribution in [0.15, 0.2) is 12.3 Å². The van der Waals surface area contributed by atoms with Crippen molar-refractivity contribution in [2.45, 2.75) is 38.8 Å². The largest absolute Gasteiger partial charge is 0.350 e. The molecule has 0 aliphatic carbocycles. The molecule has 0 radical (unpaired) electrons. The van der Waals surface area contributed by atoms with Gasteiger partial charge in [-0.25, -0.2) is 0 Å². The lowest BCUT2D eigenvalue weighted by molar-refractivity contribution is -0.121. The van der Waals surface area contributed by atoms with E-state index in [1.54, 1.807) is 6.20 Å². The number of rotatable bonds is 6. The number of nitrogens with one attached hydrogen (secondary N) is 2. The number of aromatic amines is 1. The maximum Gasteiger partial charge on any atom is 0.220 e. The molecule has 0 aliphatic rings. The minimum absolute atomic E-state index is 0.0604. The Morgan fingerprint density at radius 1 is 1.73 bits per heavy atom. The SMILES string of the molecule is CC(N)CCCC(=O)NCc1ccn[nH]1. The van der Waals surface area contributed by atoms with Gasteiger partial charge in [-0.3, -0.25) is 9.89 Å². The van der Waals surface area contributed by atoms with Crippen LogP contribution in [0.3, 0.4) is 0 Å². The molecule has 0 fully saturated rings. The zero-order valence-electron chi connectivity index (χ0n) is 8.99. The monoisotopic (exact) mass is 210 g/mol. The summed E-state index contributed by atoms with van der Waals surface area (Å²) < 4.78 is 0. The van der Waals surface area contributed by atoms with Crippen LogP contribution in [0.5, 0.6) is 0 Å². The fourth-order valence-electron chi connectivity index (χ4n) is 1.25. The molecule has 1 rings (SSSR count). The first kappa shape index (κ1) is 11.7. The molecule has 1 aromatic heterocycles. The van der Waals surface area contributed by atoms with E-state index in [4.69, 9.17) is 5.73 Å². The Morgan fingerprint density at radius 2 is 2.53 bits per heavy atom. The molecule has 1 heterocycles. The first-order valence-electron chi connectivity index (χ1n) is 5.19. The molecule has 15 heavy (non-hydrogen) atoms. The van der Waals surface area contributed by atoms with E-state index in [9.17, 15) is 4.79 Å². The van der Waals surface area contributed by atoms with Crippen LogP contribution in [-0.2, 0) is 11.3 Å². The minimum Gasteiger partial charge on any atom is -0.350 e. The van der Waals surface area contributed by atoms with Gasteiger partial charge in [0.1, 0.15) is 0 Å². The summed E-state index contributed by atoms with van der Waals surface area (Å²) in [5, 5.41) is 9.38. The summed E-state index contributed by atoms with van der Waals surface area (Å²) in [5.74, 6) is 0.0604. The van der Waals surface area contributed by atoms with Gasteiger partial charge in [-0.1, -0.05) is 0 Å². The predicted molar refractivity (Wildman–Crippen MR) is 57.9 cm³/mol. The van der Waals surface area contributed by atoms with Crippen LogP contribution in [0.2, 0.25) is 0 Å². The molecule has 84 valence electrons. The summed E-state index contributed by atoms with van der Waals surface area (Å²) in [4.78, 5) is 11.3. The van der Waals surface area contributed by atoms with Crippen molar-refractivity contribution < 1.29 is 4.79 Å². The van der Waals surface area contributed by atoms with Crippen molar-refractivity contribution in [3.05, 3.63) is 18.0 Å². The van der Waals surface area contributed by atoms with Crippen LogP contribution in [0, 0.1) is 0 Å². The lowest BCUT2D eigenvalue weighted by Crippen LogP contribution is -2.23. The maximum absolute atomic E-state index is 11.3. The van der Waals surface area contributed by atoms with Crippen LogP contribution in [-0.4, -0.2) is 22.1 Å². The van der Waals surface area contributed by atoms with Gasteiger partial charge >= 0.3 is 0 Å². The molecule has 1 amide bonds. The van der Waals surface area contributed by atoms with Crippen LogP contribution in [0.4, 0.5) is 0 Å². The van der Waals surface area contributed by atoms with E-state index >= 15 is 0 Å². The second kappa shape index (κ2) is 6.19. The van der Waals surface area contributed by atoms with Gasteiger partial charge in [-0.05, 0) is 25.8 Å². The molecule has 5 heteroatoms. The molecule has 5 nitrogen and oxygen atoms in total. The predicted octanol–water partition coefficient (Wildman–Crippen LogP) is 0.543. The normalized spacial score (nSPS) is 12.4. The fraction of sp³-hybridized carbons (Fsp3) is 0.600. The van der Waals surface area contributed by atoms with Crippen molar-refractivity contribution in [1.82, 2.24) is 15.5 Å². The molecule has 0 bridgehead atoms. The van der Waals surface area contributed by atoms with Crippen LogP contribution in [0.25, 0.3) is 0 Å². The highest BCUT2D eigenvalue weighted by Crippen LogP contribution is 1.98. The van der Waals surface area contributed by atoms with E-state index in [1.165, 1.54) is 0 Å². The standard InChI is InChI=1S/C10H18N4O/c1-8(11)3-2-4-10(15)12-7-9-5-6-13-14-9/h5-6,8H,2-4,7,11H2,1H3,(H,12,15)(H,13,14). The van der Waals surface area contributed by atoms with Crippen LogP contribution in [0.1, 0.15) is 31.9 Å². The van der Waals surface area contributed by atoms with Crippen molar-refractivity contribution in [1.29, 1.82) is 0 Å². The third kappa shape index (κ3) is 5.17. The highest BCUT2D eigenvalue weighted by Gasteiger charge is 2.02. The molecule has 0 saturated heterocycles. The number of carbonyl (C=O) groups excluding carboxylic acids is 1. The van der Waals surface area contributed by atoms with E-state index in [0.29, 0.717) is 13.0 Å². The van der Waals surface area contributed by atoms with Crippen molar-refractivity contribution >= 4 is 5.91 Å². The topological polar surface area (TPSA) is 83.8 Å². The molecule has 0 aromatic carbocycles. The van der Waals surface area contributed by atoms with Crippen LogP contribution < -0.4 is 11.1 Å². The lowest BCUT2D eigenvalue weighted by Gasteiger charge is -2.05. The number of amides is 1. The quantitative estimate of drug-likeness (QED) is 0.641. The van der Waals surface area contributed by atoms with Gasteiger partial charge in [-0.2, -0.15) is 5.10 Å². The molecule has 1 aromatic rings. The minimum atomic E-state index is 0.0604. The van der Waals surface area contributed by atoms with Crippen molar-refractivity contribution in [2.75, 3.05) is 0 Å². The van der Waals surface area contributed by atoms with Gasteiger partial charge in [0.25, 0.3) is 0 Å². The number of hydrogen-bond donors (Lipinski definition) is 3. The molecular weight excluding hydrogens is 192 g/mol. The van der Waals surface area contributed by atoms with Crippen LogP contribution >= 0.6 is 0 Å². The van der Waals surface area contributed by atoms with Crippen molar-refractivity contribution in [3.63, 3.8) is 0 Å². The Balaban J connectivity index is 2.09. The average molecular weight is 210 g/mol. The first-order chi connectivity index (χ1) is 7.18. The van der Waals surface area contributed by atoms with Gasteiger partial charge in [0, 0.05) is 18.7 Å². The van der Waals surface area contributed by atoms with E-state index in [-0.39, 0.29) is 11.9 Å².